The molecule has 1 aliphatic heterocycles. The maximum atomic E-state index is 12.6. The molecule has 1 aromatic carbocycles. The molecule has 1 aromatic heterocycles. The van der Waals surface area contributed by atoms with Gasteiger partial charge < -0.3 is 10.2 Å². The average molecular weight is 373 g/mol. The number of halogens is 1. The van der Waals surface area contributed by atoms with Gasteiger partial charge in [-0.1, -0.05) is 23.7 Å². The van der Waals surface area contributed by atoms with Gasteiger partial charge in [-0.25, -0.2) is 4.79 Å². The van der Waals surface area contributed by atoms with E-state index in [2.05, 4.69) is 15.2 Å². The number of aromatic nitrogens is 1. The van der Waals surface area contributed by atoms with Crippen LogP contribution in [-0.4, -0.2) is 47.0 Å². The van der Waals surface area contributed by atoms with E-state index in [9.17, 15) is 4.79 Å². The Kier molecular flexibility index (Phi) is 6.47. The standard InChI is InChI=1S/C20H25ClN4O/c1-16(18-3-5-19(21)6-4-18)23-20(26)25-12-2-11-24(13-14-25)15-17-7-9-22-10-8-17/h3-10,16H,2,11-15H2,1H3,(H,23,26)/t16-/m0/s1. The van der Waals surface area contributed by atoms with Gasteiger partial charge >= 0.3 is 6.03 Å². The molecule has 0 radical (unpaired) electrons. The second-order valence-electron chi connectivity index (χ2n) is 6.69. The van der Waals surface area contributed by atoms with Crippen molar-refractivity contribution in [2.75, 3.05) is 26.2 Å². The van der Waals surface area contributed by atoms with E-state index in [4.69, 9.17) is 11.6 Å². The molecule has 1 aliphatic rings. The van der Waals surface area contributed by atoms with Crippen LogP contribution in [0.25, 0.3) is 0 Å². The van der Waals surface area contributed by atoms with E-state index in [1.807, 2.05) is 60.6 Å². The Balaban J connectivity index is 1.51. The van der Waals surface area contributed by atoms with Gasteiger partial charge in [0.05, 0.1) is 6.04 Å². The number of benzene rings is 1. The Morgan fingerprint density at radius 1 is 1.12 bits per heavy atom. The monoisotopic (exact) mass is 372 g/mol. The number of carbonyl (C=O) groups excluding carboxylic acids is 1. The SMILES string of the molecule is C[C@H](NC(=O)N1CCCN(Cc2ccncc2)CC1)c1ccc(Cl)cc1. The Morgan fingerprint density at radius 3 is 2.58 bits per heavy atom. The number of urea groups is 1. The minimum Gasteiger partial charge on any atom is -0.331 e. The molecule has 1 N–H and O–H groups in total. The first-order chi connectivity index (χ1) is 12.6. The topological polar surface area (TPSA) is 48.5 Å². The van der Waals surface area contributed by atoms with Crippen molar-refractivity contribution in [1.82, 2.24) is 20.1 Å². The summed E-state index contributed by atoms with van der Waals surface area (Å²) in [5, 5.41) is 3.80. The zero-order valence-corrected chi connectivity index (χ0v) is 15.8. The fraction of sp³-hybridized carbons (Fsp3) is 0.400. The molecule has 1 fully saturated rings. The number of carbonyl (C=O) groups is 1. The van der Waals surface area contributed by atoms with Crippen molar-refractivity contribution in [1.29, 1.82) is 0 Å². The Labute approximate surface area is 160 Å². The van der Waals surface area contributed by atoms with E-state index in [-0.39, 0.29) is 12.1 Å². The molecule has 0 saturated carbocycles. The van der Waals surface area contributed by atoms with Crippen LogP contribution in [0, 0.1) is 0 Å². The van der Waals surface area contributed by atoms with Gasteiger partial charge in [0.1, 0.15) is 0 Å². The summed E-state index contributed by atoms with van der Waals surface area (Å²) in [6.45, 7) is 6.30. The largest absolute Gasteiger partial charge is 0.331 e. The highest BCUT2D eigenvalue weighted by Gasteiger charge is 2.20. The Bertz CT molecular complexity index is 708. The number of rotatable bonds is 4. The normalized spacial score (nSPS) is 16.8. The zero-order valence-electron chi connectivity index (χ0n) is 15.1. The molecule has 0 bridgehead atoms. The number of amides is 2. The molecule has 2 aromatic rings. The first-order valence-electron chi connectivity index (χ1n) is 9.04. The van der Waals surface area contributed by atoms with E-state index in [0.29, 0.717) is 5.02 Å². The van der Waals surface area contributed by atoms with Crippen LogP contribution in [0.5, 0.6) is 0 Å². The van der Waals surface area contributed by atoms with Gasteiger partial charge in [0.15, 0.2) is 0 Å². The molecule has 1 saturated heterocycles. The molecule has 0 spiro atoms. The lowest BCUT2D eigenvalue weighted by atomic mass is 10.1. The smallest absolute Gasteiger partial charge is 0.317 e. The number of hydrogen-bond acceptors (Lipinski definition) is 3. The molecule has 3 rings (SSSR count). The van der Waals surface area contributed by atoms with Crippen LogP contribution in [0.3, 0.4) is 0 Å². The van der Waals surface area contributed by atoms with Crippen molar-refractivity contribution >= 4 is 17.6 Å². The van der Waals surface area contributed by atoms with Crippen molar-refractivity contribution in [3.05, 3.63) is 64.9 Å². The molecule has 0 unspecified atom stereocenters. The van der Waals surface area contributed by atoms with Gasteiger partial charge in [-0.3, -0.25) is 9.88 Å². The zero-order chi connectivity index (χ0) is 18.4. The van der Waals surface area contributed by atoms with Crippen LogP contribution < -0.4 is 5.32 Å². The predicted octanol–water partition coefficient (Wildman–Crippen LogP) is 3.71. The lowest BCUT2D eigenvalue weighted by Crippen LogP contribution is -2.42. The van der Waals surface area contributed by atoms with E-state index >= 15 is 0 Å². The van der Waals surface area contributed by atoms with Crippen molar-refractivity contribution in [2.45, 2.75) is 25.9 Å². The second kappa shape index (κ2) is 9.01. The molecular formula is C20H25ClN4O. The van der Waals surface area contributed by atoms with Crippen molar-refractivity contribution in [3.63, 3.8) is 0 Å². The van der Waals surface area contributed by atoms with Gasteiger partial charge in [-0.15, -0.1) is 0 Å². The third-order valence-electron chi connectivity index (χ3n) is 4.74. The van der Waals surface area contributed by atoms with E-state index in [1.54, 1.807) is 0 Å². The van der Waals surface area contributed by atoms with Gasteiger partial charge in [-0.05, 0) is 48.7 Å². The van der Waals surface area contributed by atoms with E-state index in [1.165, 1.54) is 5.56 Å². The fourth-order valence-corrected chi connectivity index (χ4v) is 3.32. The number of pyridine rings is 1. The van der Waals surface area contributed by atoms with Crippen LogP contribution in [-0.2, 0) is 6.54 Å². The van der Waals surface area contributed by atoms with Crippen LogP contribution in [0.4, 0.5) is 4.79 Å². The lowest BCUT2D eigenvalue weighted by Gasteiger charge is -2.24. The van der Waals surface area contributed by atoms with Crippen LogP contribution in [0.1, 0.15) is 30.5 Å². The molecule has 0 aliphatic carbocycles. The summed E-state index contributed by atoms with van der Waals surface area (Å²) < 4.78 is 0. The van der Waals surface area contributed by atoms with E-state index < -0.39 is 0 Å². The molecule has 5 nitrogen and oxygen atoms in total. The highest BCUT2D eigenvalue weighted by atomic mass is 35.5. The van der Waals surface area contributed by atoms with Crippen LogP contribution in [0.2, 0.25) is 5.02 Å². The first kappa shape index (κ1) is 18.7. The van der Waals surface area contributed by atoms with Crippen LogP contribution >= 0.6 is 11.6 Å². The number of nitrogens with zero attached hydrogens (tertiary/aromatic N) is 3. The maximum Gasteiger partial charge on any atom is 0.317 e. The average Bonchev–Trinajstić information content (AvgIpc) is 2.89. The number of hydrogen-bond donors (Lipinski definition) is 1. The predicted molar refractivity (Wildman–Crippen MR) is 104 cm³/mol. The van der Waals surface area contributed by atoms with Gasteiger partial charge in [0.2, 0.25) is 0 Å². The fourth-order valence-electron chi connectivity index (χ4n) is 3.19. The number of nitrogens with one attached hydrogen (secondary N) is 1. The molecule has 6 heteroatoms. The van der Waals surface area contributed by atoms with Crippen LogP contribution in [0.15, 0.2) is 48.8 Å². The first-order valence-corrected chi connectivity index (χ1v) is 9.42. The molecule has 138 valence electrons. The molecule has 2 amide bonds. The summed E-state index contributed by atoms with van der Waals surface area (Å²) in [4.78, 5) is 21.0. The Morgan fingerprint density at radius 2 is 1.85 bits per heavy atom. The minimum absolute atomic E-state index is 0.00166. The summed E-state index contributed by atoms with van der Waals surface area (Å²) in [6, 6.07) is 11.6. The van der Waals surface area contributed by atoms with Crippen molar-refractivity contribution in [2.24, 2.45) is 0 Å². The highest BCUT2D eigenvalue weighted by Crippen LogP contribution is 2.17. The summed E-state index contributed by atoms with van der Waals surface area (Å²) in [7, 11) is 0. The third kappa shape index (κ3) is 5.19. The van der Waals surface area contributed by atoms with E-state index in [0.717, 1.165) is 44.7 Å². The molecule has 1 atom stereocenters. The van der Waals surface area contributed by atoms with Gasteiger partial charge in [-0.2, -0.15) is 0 Å². The second-order valence-corrected chi connectivity index (χ2v) is 7.13. The van der Waals surface area contributed by atoms with Crippen molar-refractivity contribution < 1.29 is 4.79 Å². The molecule has 26 heavy (non-hydrogen) atoms. The molecule has 2 heterocycles. The van der Waals surface area contributed by atoms with Gasteiger partial charge in [0, 0.05) is 50.1 Å². The summed E-state index contributed by atoms with van der Waals surface area (Å²) in [6.07, 6.45) is 4.63. The summed E-state index contributed by atoms with van der Waals surface area (Å²) >= 11 is 5.93. The summed E-state index contributed by atoms with van der Waals surface area (Å²) in [5.41, 5.74) is 2.31. The maximum absolute atomic E-state index is 12.6. The third-order valence-corrected chi connectivity index (χ3v) is 4.99. The quantitative estimate of drug-likeness (QED) is 0.889. The van der Waals surface area contributed by atoms with Gasteiger partial charge in [0.25, 0.3) is 0 Å². The Hall–Kier alpha value is -2.11. The highest BCUT2D eigenvalue weighted by molar-refractivity contribution is 6.30. The molecular weight excluding hydrogens is 348 g/mol. The lowest BCUT2D eigenvalue weighted by molar-refractivity contribution is 0.194. The van der Waals surface area contributed by atoms with Crippen molar-refractivity contribution in [3.8, 4) is 0 Å². The minimum atomic E-state index is -0.0454. The summed E-state index contributed by atoms with van der Waals surface area (Å²) in [5.74, 6) is 0.